The number of rotatable bonds is 2. The van der Waals surface area contributed by atoms with E-state index >= 15 is 0 Å². The molecule has 2 N–H and O–H groups in total. The molecule has 6 heteroatoms. The van der Waals surface area contributed by atoms with E-state index in [1.54, 1.807) is 0 Å². The summed E-state index contributed by atoms with van der Waals surface area (Å²) in [4.78, 5) is 11.5. The van der Waals surface area contributed by atoms with Gasteiger partial charge in [-0.25, -0.2) is 9.07 Å². The number of nitrogen functional groups attached to an aromatic ring is 1. The van der Waals surface area contributed by atoms with Gasteiger partial charge in [-0.05, 0) is 18.2 Å². The number of anilines is 1. The summed E-state index contributed by atoms with van der Waals surface area (Å²) in [5, 5.41) is 12.4. The van der Waals surface area contributed by atoms with Crippen molar-refractivity contribution in [2.75, 3.05) is 5.73 Å². The van der Waals surface area contributed by atoms with Crippen molar-refractivity contribution in [3.05, 3.63) is 57.6 Å². The fourth-order valence-corrected chi connectivity index (χ4v) is 1.48. The van der Waals surface area contributed by atoms with E-state index in [1.807, 2.05) is 6.07 Å². The maximum Gasteiger partial charge on any atom is 0.267 e. The number of hydrogen-bond donors (Lipinski definition) is 1. The maximum atomic E-state index is 13.6. The topological polar surface area (TPSA) is 84.7 Å². The summed E-state index contributed by atoms with van der Waals surface area (Å²) in [5.41, 5.74) is 5.59. The SMILES string of the molecule is N#Cc1ccc(Cn2nc(N)ccc2=O)c(F)c1. The number of nitrogens with two attached hydrogens (primary N) is 1. The summed E-state index contributed by atoms with van der Waals surface area (Å²) in [7, 11) is 0. The van der Waals surface area contributed by atoms with E-state index in [2.05, 4.69) is 5.10 Å². The third-order valence-electron chi connectivity index (χ3n) is 2.39. The van der Waals surface area contributed by atoms with Gasteiger partial charge >= 0.3 is 0 Å². The van der Waals surface area contributed by atoms with Crippen molar-refractivity contribution in [1.29, 1.82) is 5.26 Å². The van der Waals surface area contributed by atoms with Crippen molar-refractivity contribution >= 4 is 5.82 Å². The molecule has 0 fully saturated rings. The normalized spacial score (nSPS) is 10.0. The van der Waals surface area contributed by atoms with Gasteiger partial charge in [-0.3, -0.25) is 4.79 Å². The number of benzene rings is 1. The van der Waals surface area contributed by atoms with Crippen LogP contribution in [0.5, 0.6) is 0 Å². The number of halogens is 1. The zero-order valence-electron chi connectivity index (χ0n) is 9.30. The van der Waals surface area contributed by atoms with Crippen LogP contribution < -0.4 is 11.3 Å². The van der Waals surface area contributed by atoms with Crippen molar-refractivity contribution in [2.45, 2.75) is 6.54 Å². The Balaban J connectivity index is 2.38. The van der Waals surface area contributed by atoms with E-state index in [9.17, 15) is 9.18 Å². The predicted molar refractivity (Wildman–Crippen MR) is 63.1 cm³/mol. The molecule has 0 spiro atoms. The smallest absolute Gasteiger partial charge is 0.267 e. The minimum atomic E-state index is -0.551. The van der Waals surface area contributed by atoms with Crippen LogP contribution in [0.25, 0.3) is 0 Å². The van der Waals surface area contributed by atoms with Gasteiger partial charge in [-0.1, -0.05) is 6.07 Å². The molecule has 5 nitrogen and oxygen atoms in total. The Morgan fingerprint density at radius 3 is 2.83 bits per heavy atom. The summed E-state index contributed by atoms with van der Waals surface area (Å²) in [6.45, 7) is -0.0264. The second-order valence-electron chi connectivity index (χ2n) is 3.67. The monoisotopic (exact) mass is 244 g/mol. The minimum absolute atomic E-state index is 0.0264. The Labute approximate surface area is 102 Å². The molecule has 0 aliphatic carbocycles. The fraction of sp³-hybridized carbons (Fsp3) is 0.0833. The van der Waals surface area contributed by atoms with Crippen LogP contribution in [0.3, 0.4) is 0 Å². The van der Waals surface area contributed by atoms with E-state index in [0.717, 1.165) is 10.7 Å². The zero-order valence-corrected chi connectivity index (χ0v) is 9.30. The molecule has 2 rings (SSSR count). The van der Waals surface area contributed by atoms with Crippen LogP contribution in [0.15, 0.2) is 35.1 Å². The lowest BCUT2D eigenvalue weighted by molar-refractivity contribution is 0.573. The summed E-state index contributed by atoms with van der Waals surface area (Å²) >= 11 is 0. The first-order valence-corrected chi connectivity index (χ1v) is 5.12. The van der Waals surface area contributed by atoms with Gasteiger partial charge in [-0.2, -0.15) is 10.4 Å². The second kappa shape index (κ2) is 4.67. The first kappa shape index (κ1) is 11.8. The van der Waals surface area contributed by atoms with E-state index in [-0.39, 0.29) is 29.0 Å². The third-order valence-corrected chi connectivity index (χ3v) is 2.39. The van der Waals surface area contributed by atoms with E-state index in [4.69, 9.17) is 11.0 Å². The minimum Gasteiger partial charge on any atom is -0.382 e. The summed E-state index contributed by atoms with van der Waals surface area (Å²) in [6.07, 6.45) is 0. The molecular weight excluding hydrogens is 235 g/mol. The Morgan fingerprint density at radius 1 is 1.39 bits per heavy atom. The lowest BCUT2D eigenvalue weighted by atomic mass is 10.1. The molecule has 0 aliphatic heterocycles. The lowest BCUT2D eigenvalue weighted by Crippen LogP contribution is -2.23. The van der Waals surface area contributed by atoms with Crippen molar-refractivity contribution in [1.82, 2.24) is 9.78 Å². The number of aromatic nitrogens is 2. The van der Waals surface area contributed by atoms with Crippen LogP contribution in [0.4, 0.5) is 10.2 Å². The molecule has 1 aromatic heterocycles. The van der Waals surface area contributed by atoms with E-state index in [1.165, 1.54) is 24.3 Å². The molecule has 0 unspecified atom stereocenters. The van der Waals surface area contributed by atoms with Crippen LogP contribution in [0.1, 0.15) is 11.1 Å². The zero-order chi connectivity index (χ0) is 13.1. The standard InChI is InChI=1S/C12H9FN4O/c13-10-5-8(6-14)1-2-9(10)7-17-12(18)4-3-11(15)16-17/h1-5H,7H2,(H2,15,16). The van der Waals surface area contributed by atoms with Gasteiger partial charge in [0.2, 0.25) is 0 Å². The summed E-state index contributed by atoms with van der Waals surface area (Å²) < 4.78 is 14.7. The van der Waals surface area contributed by atoms with Crippen LogP contribution in [0.2, 0.25) is 0 Å². The molecule has 1 aromatic carbocycles. The van der Waals surface area contributed by atoms with Crippen molar-refractivity contribution < 1.29 is 4.39 Å². The molecule has 18 heavy (non-hydrogen) atoms. The first-order valence-electron chi connectivity index (χ1n) is 5.12. The van der Waals surface area contributed by atoms with E-state index in [0.29, 0.717) is 0 Å². The molecule has 0 aliphatic rings. The molecule has 0 saturated heterocycles. The number of nitrogens with zero attached hydrogens (tertiary/aromatic N) is 3. The molecule has 90 valence electrons. The van der Waals surface area contributed by atoms with Crippen LogP contribution in [0, 0.1) is 17.1 Å². The molecule has 2 aromatic rings. The van der Waals surface area contributed by atoms with Crippen LogP contribution in [-0.2, 0) is 6.54 Å². The quantitative estimate of drug-likeness (QED) is 0.849. The second-order valence-corrected chi connectivity index (χ2v) is 3.67. The average Bonchev–Trinajstić information content (AvgIpc) is 2.36. The number of hydrogen-bond acceptors (Lipinski definition) is 4. The number of nitriles is 1. The van der Waals surface area contributed by atoms with Crippen molar-refractivity contribution in [3.8, 4) is 6.07 Å². The lowest BCUT2D eigenvalue weighted by Gasteiger charge is -2.06. The van der Waals surface area contributed by atoms with Gasteiger partial charge in [0.15, 0.2) is 0 Å². The molecule has 0 amide bonds. The van der Waals surface area contributed by atoms with Gasteiger partial charge in [0.05, 0.1) is 18.2 Å². The molecule has 0 bridgehead atoms. The first-order chi connectivity index (χ1) is 8.60. The highest BCUT2D eigenvalue weighted by Gasteiger charge is 2.06. The average molecular weight is 244 g/mol. The highest BCUT2D eigenvalue weighted by Crippen LogP contribution is 2.10. The third kappa shape index (κ3) is 2.35. The largest absolute Gasteiger partial charge is 0.382 e. The predicted octanol–water partition coefficient (Wildman–Crippen LogP) is 0.885. The Morgan fingerprint density at radius 2 is 2.17 bits per heavy atom. The molecule has 1 heterocycles. The molecule has 0 radical (unpaired) electrons. The maximum absolute atomic E-state index is 13.6. The van der Waals surface area contributed by atoms with Crippen molar-refractivity contribution in [2.24, 2.45) is 0 Å². The summed E-state index contributed by atoms with van der Waals surface area (Å²) in [5.74, 6) is -0.367. The molecule has 0 atom stereocenters. The van der Waals surface area contributed by atoms with Gasteiger partial charge in [0, 0.05) is 11.6 Å². The van der Waals surface area contributed by atoms with Crippen molar-refractivity contribution in [3.63, 3.8) is 0 Å². The highest BCUT2D eigenvalue weighted by molar-refractivity contribution is 5.33. The van der Waals surface area contributed by atoms with Gasteiger partial charge in [0.25, 0.3) is 5.56 Å². The molecular formula is C12H9FN4O. The Hall–Kier alpha value is -2.68. The molecule has 0 saturated carbocycles. The summed E-state index contributed by atoms with van der Waals surface area (Å²) in [6, 6.07) is 8.54. The van der Waals surface area contributed by atoms with E-state index < -0.39 is 5.82 Å². The van der Waals surface area contributed by atoms with Gasteiger partial charge in [0.1, 0.15) is 11.6 Å². The van der Waals surface area contributed by atoms with Crippen LogP contribution >= 0.6 is 0 Å². The Kier molecular flexibility index (Phi) is 3.06. The highest BCUT2D eigenvalue weighted by atomic mass is 19.1. The Bertz CT molecular complexity index is 687. The fourth-order valence-electron chi connectivity index (χ4n) is 1.48. The van der Waals surface area contributed by atoms with Crippen LogP contribution in [-0.4, -0.2) is 9.78 Å². The van der Waals surface area contributed by atoms with Gasteiger partial charge in [-0.15, -0.1) is 0 Å². The van der Waals surface area contributed by atoms with Gasteiger partial charge < -0.3 is 5.73 Å².